The molecule has 7 heteroatoms. The molecule has 3 rings (SSSR count). The lowest BCUT2D eigenvalue weighted by Gasteiger charge is -2.06. The van der Waals surface area contributed by atoms with Gasteiger partial charge in [-0.15, -0.1) is 0 Å². The van der Waals surface area contributed by atoms with Crippen LogP contribution in [0.3, 0.4) is 0 Å². The first-order valence-corrected chi connectivity index (χ1v) is 8.21. The van der Waals surface area contributed by atoms with Crippen LogP contribution in [-0.4, -0.2) is 30.6 Å². The summed E-state index contributed by atoms with van der Waals surface area (Å²) in [6, 6.07) is 9.37. The van der Waals surface area contributed by atoms with E-state index in [1.807, 2.05) is 24.3 Å². The minimum atomic E-state index is -0.297. The normalized spacial score (nSPS) is 18.5. The molecule has 1 aliphatic rings. The van der Waals surface area contributed by atoms with Crippen molar-refractivity contribution in [2.24, 2.45) is 11.8 Å². The van der Waals surface area contributed by atoms with Crippen molar-refractivity contribution in [3.63, 3.8) is 0 Å². The van der Waals surface area contributed by atoms with Crippen LogP contribution in [0.4, 0.5) is 5.82 Å². The fourth-order valence-corrected chi connectivity index (χ4v) is 2.71. The highest BCUT2D eigenvalue weighted by atomic mass is 16.5. The second kappa shape index (κ2) is 7.38. The van der Waals surface area contributed by atoms with Crippen LogP contribution < -0.4 is 15.4 Å². The number of rotatable bonds is 7. The molecule has 0 saturated heterocycles. The lowest BCUT2D eigenvalue weighted by atomic mass is 10.1. The van der Waals surface area contributed by atoms with E-state index in [0.717, 1.165) is 11.3 Å². The Morgan fingerprint density at radius 2 is 2.08 bits per heavy atom. The van der Waals surface area contributed by atoms with E-state index in [0.29, 0.717) is 31.0 Å². The van der Waals surface area contributed by atoms with Crippen LogP contribution in [0.2, 0.25) is 0 Å². The molecule has 0 spiro atoms. The average molecular weight is 343 g/mol. The highest BCUT2D eigenvalue weighted by molar-refractivity contribution is 5.99. The largest absolute Gasteiger partial charge is 0.497 e. The third-order valence-corrected chi connectivity index (χ3v) is 4.19. The number of ether oxygens (including phenoxy) is 1. The summed E-state index contributed by atoms with van der Waals surface area (Å²) in [7, 11) is 1.62. The van der Waals surface area contributed by atoms with Crippen LogP contribution in [0.1, 0.15) is 17.7 Å². The van der Waals surface area contributed by atoms with Crippen molar-refractivity contribution in [1.82, 2.24) is 10.5 Å². The zero-order valence-electron chi connectivity index (χ0n) is 14.2. The van der Waals surface area contributed by atoms with Crippen LogP contribution in [0.5, 0.6) is 5.75 Å². The first-order valence-electron chi connectivity index (χ1n) is 8.21. The minimum Gasteiger partial charge on any atom is -0.497 e. The summed E-state index contributed by atoms with van der Waals surface area (Å²) in [5.41, 5.74) is 1.09. The molecule has 25 heavy (non-hydrogen) atoms. The molecule has 7 nitrogen and oxygen atoms in total. The van der Waals surface area contributed by atoms with Gasteiger partial charge in [-0.05, 0) is 37.5 Å². The molecule has 1 heterocycles. The Hall–Kier alpha value is -2.83. The SMILES string of the molecule is COc1cccc(CCNC(=O)C2CC2C(=O)Nc2cc(C)on2)c1. The van der Waals surface area contributed by atoms with Crippen LogP contribution in [-0.2, 0) is 16.0 Å². The molecule has 1 aliphatic carbocycles. The molecule has 2 N–H and O–H groups in total. The molecule has 1 saturated carbocycles. The maximum atomic E-state index is 12.1. The first kappa shape index (κ1) is 17.0. The number of amides is 2. The summed E-state index contributed by atoms with van der Waals surface area (Å²) in [6.07, 6.45) is 1.28. The number of methoxy groups -OCH3 is 1. The zero-order valence-corrected chi connectivity index (χ0v) is 14.2. The third kappa shape index (κ3) is 4.37. The number of hydrogen-bond donors (Lipinski definition) is 2. The van der Waals surface area contributed by atoms with Gasteiger partial charge in [-0.2, -0.15) is 0 Å². The van der Waals surface area contributed by atoms with Crippen molar-refractivity contribution in [3.05, 3.63) is 41.7 Å². The maximum absolute atomic E-state index is 12.1. The maximum Gasteiger partial charge on any atom is 0.229 e. The van der Waals surface area contributed by atoms with Crippen molar-refractivity contribution in [2.45, 2.75) is 19.8 Å². The Balaban J connectivity index is 1.41. The second-order valence-corrected chi connectivity index (χ2v) is 6.15. The summed E-state index contributed by atoms with van der Waals surface area (Å²) in [5.74, 6) is 0.961. The number of aromatic nitrogens is 1. The van der Waals surface area contributed by atoms with Gasteiger partial charge in [0.2, 0.25) is 11.8 Å². The molecule has 1 fully saturated rings. The molecule has 0 aliphatic heterocycles. The van der Waals surface area contributed by atoms with E-state index >= 15 is 0 Å². The van der Waals surface area contributed by atoms with Gasteiger partial charge in [-0.3, -0.25) is 9.59 Å². The predicted octanol–water partition coefficient (Wildman–Crippen LogP) is 1.93. The van der Waals surface area contributed by atoms with Gasteiger partial charge in [0, 0.05) is 12.6 Å². The van der Waals surface area contributed by atoms with Crippen molar-refractivity contribution in [3.8, 4) is 5.75 Å². The van der Waals surface area contributed by atoms with Gasteiger partial charge in [0.15, 0.2) is 5.82 Å². The summed E-state index contributed by atoms with van der Waals surface area (Å²) >= 11 is 0. The highest BCUT2D eigenvalue weighted by Crippen LogP contribution is 2.39. The second-order valence-electron chi connectivity index (χ2n) is 6.15. The van der Waals surface area contributed by atoms with Gasteiger partial charge in [-0.25, -0.2) is 0 Å². The van der Waals surface area contributed by atoms with E-state index < -0.39 is 0 Å². The number of carbonyl (C=O) groups is 2. The number of nitrogens with one attached hydrogen (secondary N) is 2. The number of nitrogens with zero attached hydrogens (tertiary/aromatic N) is 1. The number of aryl methyl sites for hydroxylation is 1. The molecule has 0 radical (unpaired) electrons. The van der Waals surface area contributed by atoms with Crippen molar-refractivity contribution in [2.75, 3.05) is 19.0 Å². The first-order chi connectivity index (χ1) is 12.1. The van der Waals surface area contributed by atoms with E-state index in [-0.39, 0.29) is 23.7 Å². The van der Waals surface area contributed by atoms with E-state index in [1.54, 1.807) is 20.1 Å². The highest BCUT2D eigenvalue weighted by Gasteiger charge is 2.48. The van der Waals surface area contributed by atoms with Crippen molar-refractivity contribution in [1.29, 1.82) is 0 Å². The predicted molar refractivity (Wildman–Crippen MR) is 91.2 cm³/mol. The summed E-state index contributed by atoms with van der Waals surface area (Å²) < 4.78 is 10.1. The van der Waals surface area contributed by atoms with Gasteiger partial charge in [0.05, 0.1) is 18.9 Å². The summed E-state index contributed by atoms with van der Waals surface area (Å²) in [5, 5.41) is 9.27. The van der Waals surface area contributed by atoms with E-state index in [9.17, 15) is 9.59 Å². The van der Waals surface area contributed by atoms with Crippen molar-refractivity contribution < 1.29 is 18.8 Å². The average Bonchev–Trinajstić information content (AvgIpc) is 3.32. The third-order valence-electron chi connectivity index (χ3n) is 4.19. The molecule has 2 atom stereocenters. The fraction of sp³-hybridized carbons (Fsp3) is 0.389. The van der Waals surface area contributed by atoms with Crippen LogP contribution in [0, 0.1) is 18.8 Å². The molecule has 0 bridgehead atoms. The Bertz CT molecular complexity index is 771. The Morgan fingerprint density at radius 3 is 2.80 bits per heavy atom. The van der Waals surface area contributed by atoms with Gasteiger partial charge in [0.25, 0.3) is 0 Å². The van der Waals surface area contributed by atoms with Crippen LogP contribution >= 0.6 is 0 Å². The molecule has 1 aromatic carbocycles. The molecule has 2 amide bonds. The molecule has 1 aromatic heterocycles. The fourth-order valence-electron chi connectivity index (χ4n) is 2.71. The van der Waals surface area contributed by atoms with E-state index in [4.69, 9.17) is 9.26 Å². The zero-order chi connectivity index (χ0) is 17.8. The molecule has 2 aromatic rings. The smallest absolute Gasteiger partial charge is 0.229 e. The van der Waals surface area contributed by atoms with E-state index in [2.05, 4.69) is 15.8 Å². The molecular formula is C18H21N3O4. The van der Waals surface area contributed by atoms with Gasteiger partial charge in [0.1, 0.15) is 11.5 Å². The summed E-state index contributed by atoms with van der Waals surface area (Å²) in [4.78, 5) is 24.2. The number of anilines is 1. The molecule has 2 unspecified atom stereocenters. The molecule has 132 valence electrons. The number of carbonyl (C=O) groups excluding carboxylic acids is 2. The van der Waals surface area contributed by atoms with Crippen molar-refractivity contribution >= 4 is 17.6 Å². The van der Waals surface area contributed by atoms with E-state index in [1.165, 1.54) is 0 Å². The van der Waals surface area contributed by atoms with Gasteiger partial charge in [-0.1, -0.05) is 17.3 Å². The monoisotopic (exact) mass is 343 g/mol. The number of hydrogen-bond acceptors (Lipinski definition) is 5. The minimum absolute atomic E-state index is 0.0839. The van der Waals surface area contributed by atoms with Gasteiger partial charge < -0.3 is 19.9 Å². The summed E-state index contributed by atoms with van der Waals surface area (Å²) in [6.45, 7) is 2.28. The Labute approximate surface area is 145 Å². The lowest BCUT2D eigenvalue weighted by Crippen LogP contribution is -2.29. The van der Waals surface area contributed by atoms with Crippen LogP contribution in [0.15, 0.2) is 34.9 Å². The van der Waals surface area contributed by atoms with Crippen LogP contribution in [0.25, 0.3) is 0 Å². The topological polar surface area (TPSA) is 93.5 Å². The lowest BCUT2D eigenvalue weighted by molar-refractivity contribution is -0.125. The Morgan fingerprint density at radius 1 is 1.28 bits per heavy atom. The Kier molecular flexibility index (Phi) is 5.02. The quantitative estimate of drug-likeness (QED) is 0.801. The standard InChI is InChI=1S/C18H21N3O4/c1-11-8-16(21-25-11)20-18(23)15-10-14(15)17(22)19-7-6-12-4-3-5-13(9-12)24-2/h3-5,8-9,14-15H,6-7,10H2,1-2H3,(H,19,22)(H,20,21,23). The van der Waals surface area contributed by atoms with Gasteiger partial charge >= 0.3 is 0 Å². The molecular weight excluding hydrogens is 322 g/mol. The number of benzene rings is 1.